The standard InChI is InChI=1S/C47H30N2O/c1-3-11-39-31(7-1)9-5-13-41(39)33-15-20-36(21-16-33)49(37-22-17-34(18-23-37)42-14-6-10-32-8-2-4-12-40(32)42)38-24-26-43-44-25-19-35-27-28-48-30-45(35)47(44)50-46(43)29-38/h1-30H. The molecule has 10 aromatic rings. The van der Waals surface area contributed by atoms with E-state index < -0.39 is 0 Å². The van der Waals surface area contributed by atoms with Gasteiger partial charge in [-0.1, -0.05) is 115 Å². The van der Waals surface area contributed by atoms with Gasteiger partial charge in [-0.15, -0.1) is 0 Å². The molecule has 0 fully saturated rings. The maximum atomic E-state index is 6.60. The SMILES string of the molecule is c1ccc2c(-c3ccc(N(c4ccc(-c5cccc6ccccc56)cc4)c4ccc5c(c4)oc4c6cnccc6ccc54)cc3)cccc2c1. The molecule has 2 aromatic heterocycles. The maximum absolute atomic E-state index is 6.60. The molecular weight excluding hydrogens is 609 g/mol. The van der Waals surface area contributed by atoms with E-state index in [-0.39, 0.29) is 0 Å². The lowest BCUT2D eigenvalue weighted by Crippen LogP contribution is -2.09. The molecule has 0 aliphatic rings. The first-order valence-corrected chi connectivity index (χ1v) is 16.9. The summed E-state index contributed by atoms with van der Waals surface area (Å²) in [6, 6.07) is 60.8. The van der Waals surface area contributed by atoms with Crippen molar-refractivity contribution in [2.45, 2.75) is 0 Å². The van der Waals surface area contributed by atoms with Gasteiger partial charge in [-0.25, -0.2) is 0 Å². The lowest BCUT2D eigenvalue weighted by Gasteiger charge is -2.26. The number of benzene rings is 8. The van der Waals surface area contributed by atoms with Gasteiger partial charge in [0.25, 0.3) is 0 Å². The van der Waals surface area contributed by atoms with Gasteiger partial charge in [-0.05, 0) is 97.7 Å². The van der Waals surface area contributed by atoms with E-state index in [1.165, 1.54) is 43.8 Å². The summed E-state index contributed by atoms with van der Waals surface area (Å²) in [4.78, 5) is 6.69. The molecule has 8 aromatic carbocycles. The second-order valence-electron chi connectivity index (χ2n) is 12.8. The Morgan fingerprint density at radius 2 is 0.940 bits per heavy atom. The second kappa shape index (κ2) is 11.5. The van der Waals surface area contributed by atoms with Gasteiger partial charge in [0.1, 0.15) is 11.2 Å². The van der Waals surface area contributed by atoms with Crippen molar-refractivity contribution >= 4 is 71.3 Å². The predicted molar refractivity (Wildman–Crippen MR) is 210 cm³/mol. The van der Waals surface area contributed by atoms with Crippen molar-refractivity contribution in [3.63, 3.8) is 0 Å². The maximum Gasteiger partial charge on any atom is 0.144 e. The minimum atomic E-state index is 0.846. The van der Waals surface area contributed by atoms with Gasteiger partial charge in [-0.2, -0.15) is 0 Å². The largest absolute Gasteiger partial charge is 0.455 e. The topological polar surface area (TPSA) is 29.3 Å². The van der Waals surface area contributed by atoms with E-state index in [9.17, 15) is 0 Å². The van der Waals surface area contributed by atoms with E-state index in [4.69, 9.17) is 4.42 Å². The van der Waals surface area contributed by atoms with Crippen LogP contribution in [-0.4, -0.2) is 4.98 Å². The smallest absolute Gasteiger partial charge is 0.144 e. The zero-order valence-electron chi connectivity index (χ0n) is 27.1. The highest BCUT2D eigenvalue weighted by atomic mass is 16.3. The molecule has 0 bridgehead atoms. The predicted octanol–water partition coefficient (Wildman–Crippen LogP) is 13.2. The van der Waals surface area contributed by atoms with Crippen LogP contribution in [0.5, 0.6) is 0 Å². The molecule has 0 radical (unpaired) electrons. The van der Waals surface area contributed by atoms with Crippen LogP contribution in [0.15, 0.2) is 187 Å². The fourth-order valence-corrected chi connectivity index (χ4v) is 7.50. The fourth-order valence-electron chi connectivity index (χ4n) is 7.50. The summed E-state index contributed by atoms with van der Waals surface area (Å²) in [5, 5.41) is 9.31. The van der Waals surface area contributed by atoms with Gasteiger partial charge in [0.15, 0.2) is 0 Å². The molecule has 0 atom stereocenters. The summed E-state index contributed by atoms with van der Waals surface area (Å²) in [5.41, 5.74) is 9.70. The third-order valence-corrected chi connectivity index (χ3v) is 9.95. The number of hydrogen-bond donors (Lipinski definition) is 0. The van der Waals surface area contributed by atoms with Gasteiger partial charge >= 0.3 is 0 Å². The van der Waals surface area contributed by atoms with Crippen LogP contribution in [-0.2, 0) is 0 Å². The molecule has 0 saturated carbocycles. The second-order valence-corrected chi connectivity index (χ2v) is 12.8. The molecule has 3 heteroatoms. The number of anilines is 3. The van der Waals surface area contributed by atoms with E-state index in [2.05, 4.69) is 174 Å². The Hall–Kier alpha value is -6.71. The van der Waals surface area contributed by atoms with Crippen molar-refractivity contribution < 1.29 is 4.42 Å². The molecule has 0 aliphatic heterocycles. The number of hydrogen-bond acceptors (Lipinski definition) is 3. The van der Waals surface area contributed by atoms with Gasteiger partial charge in [0.05, 0.1) is 0 Å². The lowest BCUT2D eigenvalue weighted by molar-refractivity contribution is 0.672. The number of pyridine rings is 1. The van der Waals surface area contributed by atoms with E-state index in [1.807, 2.05) is 18.5 Å². The van der Waals surface area contributed by atoms with Crippen LogP contribution < -0.4 is 4.90 Å². The average molecular weight is 639 g/mol. The molecule has 0 aliphatic carbocycles. The highest BCUT2D eigenvalue weighted by molar-refractivity contribution is 6.15. The Morgan fingerprint density at radius 1 is 0.400 bits per heavy atom. The van der Waals surface area contributed by atoms with Crippen LogP contribution in [0.25, 0.3) is 76.5 Å². The number of rotatable bonds is 5. The first-order chi connectivity index (χ1) is 24.8. The summed E-state index contributed by atoms with van der Waals surface area (Å²) in [5.74, 6) is 0. The number of fused-ring (bicyclic) bond motifs is 7. The molecule has 0 spiro atoms. The van der Waals surface area contributed by atoms with Crippen LogP contribution in [0.2, 0.25) is 0 Å². The van der Waals surface area contributed by atoms with Crippen molar-refractivity contribution in [2.75, 3.05) is 4.90 Å². The molecule has 3 nitrogen and oxygen atoms in total. The van der Waals surface area contributed by atoms with Crippen LogP contribution >= 0.6 is 0 Å². The highest BCUT2D eigenvalue weighted by Crippen LogP contribution is 2.41. The van der Waals surface area contributed by atoms with Crippen LogP contribution in [0.1, 0.15) is 0 Å². The van der Waals surface area contributed by atoms with E-state index in [0.29, 0.717) is 0 Å². The van der Waals surface area contributed by atoms with Crippen LogP contribution in [0, 0.1) is 0 Å². The molecular formula is C47H30N2O. The van der Waals surface area contributed by atoms with Gasteiger partial charge in [0.2, 0.25) is 0 Å². The fraction of sp³-hybridized carbons (Fsp3) is 0. The third-order valence-electron chi connectivity index (χ3n) is 9.95. The Morgan fingerprint density at radius 3 is 1.58 bits per heavy atom. The van der Waals surface area contributed by atoms with Crippen molar-refractivity contribution in [3.05, 3.63) is 182 Å². The monoisotopic (exact) mass is 638 g/mol. The first kappa shape index (κ1) is 28.3. The van der Waals surface area contributed by atoms with Crippen molar-refractivity contribution in [1.82, 2.24) is 4.98 Å². The van der Waals surface area contributed by atoms with Gasteiger partial charge in [0, 0.05) is 51.7 Å². The van der Waals surface area contributed by atoms with Crippen LogP contribution in [0.4, 0.5) is 17.1 Å². The molecule has 0 saturated heterocycles. The minimum absolute atomic E-state index is 0.846. The van der Waals surface area contributed by atoms with Crippen molar-refractivity contribution in [2.24, 2.45) is 0 Å². The zero-order valence-corrected chi connectivity index (χ0v) is 27.1. The zero-order chi connectivity index (χ0) is 33.0. The van der Waals surface area contributed by atoms with E-state index in [1.54, 1.807) is 0 Å². The minimum Gasteiger partial charge on any atom is -0.455 e. The Bertz CT molecular complexity index is 2730. The Balaban J connectivity index is 1.11. The molecule has 2 heterocycles. The lowest BCUT2D eigenvalue weighted by atomic mass is 9.97. The summed E-state index contributed by atoms with van der Waals surface area (Å²) in [6.07, 6.45) is 3.71. The molecule has 0 N–H and O–H groups in total. The average Bonchev–Trinajstić information content (AvgIpc) is 3.57. The summed E-state index contributed by atoms with van der Waals surface area (Å²) in [7, 11) is 0. The normalized spacial score (nSPS) is 11.6. The number of nitrogens with zero attached hydrogens (tertiary/aromatic N) is 2. The van der Waals surface area contributed by atoms with Crippen LogP contribution in [0.3, 0.4) is 0 Å². The van der Waals surface area contributed by atoms with E-state index >= 15 is 0 Å². The highest BCUT2D eigenvalue weighted by Gasteiger charge is 2.17. The van der Waals surface area contributed by atoms with Crippen molar-refractivity contribution in [3.8, 4) is 22.3 Å². The van der Waals surface area contributed by atoms with Gasteiger partial charge in [-0.3, -0.25) is 4.98 Å². The molecule has 10 rings (SSSR count). The number of aromatic nitrogens is 1. The Kier molecular flexibility index (Phi) is 6.49. The van der Waals surface area contributed by atoms with Crippen molar-refractivity contribution in [1.29, 1.82) is 0 Å². The number of furan rings is 1. The summed E-state index contributed by atoms with van der Waals surface area (Å²) in [6.45, 7) is 0. The molecule has 0 unspecified atom stereocenters. The van der Waals surface area contributed by atoms with E-state index in [0.717, 1.165) is 49.8 Å². The molecule has 234 valence electrons. The first-order valence-electron chi connectivity index (χ1n) is 16.9. The summed E-state index contributed by atoms with van der Waals surface area (Å²) >= 11 is 0. The Labute approximate surface area is 289 Å². The van der Waals surface area contributed by atoms with Gasteiger partial charge < -0.3 is 9.32 Å². The molecule has 0 amide bonds. The summed E-state index contributed by atoms with van der Waals surface area (Å²) < 4.78 is 6.60. The molecule has 50 heavy (non-hydrogen) atoms. The quantitative estimate of drug-likeness (QED) is 0.188. The third kappa shape index (κ3) is 4.63.